The van der Waals surface area contributed by atoms with Crippen LogP contribution in [0.5, 0.6) is 0 Å². The van der Waals surface area contributed by atoms with Crippen molar-refractivity contribution in [2.75, 3.05) is 0 Å². The van der Waals surface area contributed by atoms with E-state index in [1.165, 1.54) is 16.3 Å². The van der Waals surface area contributed by atoms with Crippen molar-refractivity contribution >= 4 is 10.8 Å². The second-order valence-electron chi connectivity index (χ2n) is 11.6. The zero-order valence-corrected chi connectivity index (χ0v) is 26.0. The smallest absolute Gasteiger partial charge is 0.164 e. The third kappa shape index (κ3) is 5.62. The van der Waals surface area contributed by atoms with Crippen molar-refractivity contribution in [1.29, 1.82) is 5.26 Å². The van der Waals surface area contributed by atoms with Gasteiger partial charge in [-0.2, -0.15) is 5.26 Å². The van der Waals surface area contributed by atoms with Crippen molar-refractivity contribution in [2.45, 2.75) is 0 Å². The first kappa shape index (κ1) is 28.8. The molecule has 4 heteroatoms. The van der Waals surface area contributed by atoms with Gasteiger partial charge in [0.1, 0.15) is 0 Å². The Balaban J connectivity index is 1.10. The number of nitrogens with zero attached hydrogens (tertiary/aromatic N) is 4. The number of hydrogen-bond acceptors (Lipinski definition) is 4. The van der Waals surface area contributed by atoms with Crippen LogP contribution in [0, 0.1) is 11.3 Å². The molecule has 0 saturated carbocycles. The summed E-state index contributed by atoms with van der Waals surface area (Å²) in [5, 5.41) is 11.6. The van der Waals surface area contributed by atoms with Gasteiger partial charge in [-0.3, -0.25) is 0 Å². The molecular weight excluding hydrogens is 585 g/mol. The lowest BCUT2D eigenvalue weighted by atomic mass is 9.91. The predicted molar refractivity (Wildman–Crippen MR) is 195 cm³/mol. The molecule has 48 heavy (non-hydrogen) atoms. The van der Waals surface area contributed by atoms with E-state index >= 15 is 0 Å². The highest BCUT2D eigenvalue weighted by Crippen LogP contribution is 2.36. The van der Waals surface area contributed by atoms with Crippen LogP contribution in [0.1, 0.15) is 5.56 Å². The molecule has 0 fully saturated rings. The minimum atomic E-state index is 0.640. The molecule has 0 saturated heterocycles. The number of aromatic nitrogens is 3. The molecule has 0 aliphatic heterocycles. The summed E-state index contributed by atoms with van der Waals surface area (Å²) < 4.78 is 0. The van der Waals surface area contributed by atoms with Gasteiger partial charge in [0, 0.05) is 16.7 Å². The van der Waals surface area contributed by atoms with Crippen LogP contribution in [0.4, 0.5) is 0 Å². The Labute approximate surface area is 279 Å². The van der Waals surface area contributed by atoms with E-state index in [1.807, 2.05) is 84.9 Å². The van der Waals surface area contributed by atoms with E-state index in [9.17, 15) is 5.26 Å². The lowest BCUT2D eigenvalue weighted by molar-refractivity contribution is 1.07. The van der Waals surface area contributed by atoms with Gasteiger partial charge in [-0.1, -0.05) is 158 Å². The molecule has 4 nitrogen and oxygen atoms in total. The second kappa shape index (κ2) is 12.6. The van der Waals surface area contributed by atoms with E-state index < -0.39 is 0 Å². The minimum Gasteiger partial charge on any atom is -0.208 e. The lowest BCUT2D eigenvalue weighted by Crippen LogP contribution is -2.00. The lowest BCUT2D eigenvalue weighted by Gasteiger charge is -2.13. The van der Waals surface area contributed by atoms with Gasteiger partial charge < -0.3 is 0 Å². The summed E-state index contributed by atoms with van der Waals surface area (Å²) >= 11 is 0. The molecule has 1 heterocycles. The molecule has 224 valence electrons. The van der Waals surface area contributed by atoms with Gasteiger partial charge in [-0.15, -0.1) is 0 Å². The Bertz CT molecular complexity index is 2350. The third-order valence-corrected chi connectivity index (χ3v) is 8.62. The van der Waals surface area contributed by atoms with Crippen molar-refractivity contribution in [3.05, 3.63) is 175 Å². The Morgan fingerprint density at radius 2 is 0.646 bits per heavy atom. The fourth-order valence-electron chi connectivity index (χ4n) is 6.12. The largest absolute Gasteiger partial charge is 0.208 e. The summed E-state index contributed by atoms with van der Waals surface area (Å²) in [5.41, 5.74) is 10.3. The first-order valence-corrected chi connectivity index (χ1v) is 15.8. The van der Waals surface area contributed by atoms with Gasteiger partial charge in [0.05, 0.1) is 11.6 Å². The standard InChI is InChI=1S/C44H28N4/c45-29-30-15-17-33(18-16-30)38-27-28-39(41-14-8-7-13-40(38)41)34-23-19-31(20-24-34)32-21-25-37(26-22-32)44-47-42(35-9-3-1-4-10-35)46-43(48-44)36-11-5-2-6-12-36/h1-28H. The molecular formula is C44H28N4. The van der Waals surface area contributed by atoms with Gasteiger partial charge in [0.15, 0.2) is 17.5 Å². The number of fused-ring (bicyclic) bond motifs is 1. The van der Waals surface area contributed by atoms with Crippen molar-refractivity contribution in [3.8, 4) is 73.6 Å². The molecule has 0 radical (unpaired) electrons. The molecule has 1 aromatic heterocycles. The van der Waals surface area contributed by atoms with Gasteiger partial charge >= 0.3 is 0 Å². The molecule has 0 aliphatic carbocycles. The molecule has 0 unspecified atom stereocenters. The zero-order valence-electron chi connectivity index (χ0n) is 26.0. The Morgan fingerprint density at radius 1 is 0.312 bits per heavy atom. The summed E-state index contributed by atoms with van der Waals surface area (Å²) in [7, 11) is 0. The van der Waals surface area contributed by atoms with Crippen LogP contribution in [0.2, 0.25) is 0 Å². The molecule has 8 aromatic rings. The SMILES string of the molecule is N#Cc1ccc(-c2ccc(-c3ccc(-c4ccc(-c5nc(-c6ccccc6)nc(-c6ccccc6)n5)cc4)cc3)c3ccccc23)cc1. The van der Waals surface area contributed by atoms with E-state index in [-0.39, 0.29) is 0 Å². The minimum absolute atomic E-state index is 0.640. The van der Waals surface area contributed by atoms with Gasteiger partial charge in [0.25, 0.3) is 0 Å². The third-order valence-electron chi connectivity index (χ3n) is 8.62. The fraction of sp³-hybridized carbons (Fsp3) is 0. The fourth-order valence-corrected chi connectivity index (χ4v) is 6.12. The molecule has 0 spiro atoms. The highest BCUT2D eigenvalue weighted by molar-refractivity contribution is 6.05. The van der Waals surface area contributed by atoms with Crippen LogP contribution < -0.4 is 0 Å². The quantitative estimate of drug-likeness (QED) is 0.187. The maximum Gasteiger partial charge on any atom is 0.164 e. The number of hydrogen-bond donors (Lipinski definition) is 0. The highest BCUT2D eigenvalue weighted by Gasteiger charge is 2.13. The van der Waals surface area contributed by atoms with Crippen LogP contribution >= 0.6 is 0 Å². The van der Waals surface area contributed by atoms with E-state index in [0.29, 0.717) is 23.0 Å². The highest BCUT2D eigenvalue weighted by atomic mass is 15.0. The zero-order chi connectivity index (χ0) is 32.3. The monoisotopic (exact) mass is 612 g/mol. The molecule has 0 amide bonds. The predicted octanol–water partition coefficient (Wildman–Crippen LogP) is 10.9. The molecule has 0 N–H and O–H groups in total. The first-order valence-electron chi connectivity index (χ1n) is 15.8. The van der Waals surface area contributed by atoms with Crippen molar-refractivity contribution in [2.24, 2.45) is 0 Å². The van der Waals surface area contributed by atoms with Gasteiger partial charge in [-0.25, -0.2) is 15.0 Å². The Hall–Kier alpha value is -6.70. The summed E-state index contributed by atoms with van der Waals surface area (Å²) in [6.45, 7) is 0. The van der Waals surface area contributed by atoms with Gasteiger partial charge in [0.2, 0.25) is 0 Å². The van der Waals surface area contributed by atoms with E-state index in [4.69, 9.17) is 15.0 Å². The van der Waals surface area contributed by atoms with Crippen LogP contribution in [0.15, 0.2) is 170 Å². The van der Waals surface area contributed by atoms with Crippen LogP contribution in [-0.2, 0) is 0 Å². The molecule has 0 atom stereocenters. The van der Waals surface area contributed by atoms with E-state index in [1.54, 1.807) is 0 Å². The summed E-state index contributed by atoms with van der Waals surface area (Å²) in [4.78, 5) is 14.6. The molecule has 0 aliphatic rings. The molecule has 7 aromatic carbocycles. The normalized spacial score (nSPS) is 10.9. The van der Waals surface area contributed by atoms with Crippen molar-refractivity contribution in [3.63, 3.8) is 0 Å². The first-order chi connectivity index (χ1) is 23.7. The van der Waals surface area contributed by atoms with E-state index in [0.717, 1.165) is 44.5 Å². The van der Waals surface area contributed by atoms with Crippen molar-refractivity contribution in [1.82, 2.24) is 15.0 Å². The van der Waals surface area contributed by atoms with Gasteiger partial charge in [-0.05, 0) is 56.3 Å². The maximum atomic E-state index is 9.22. The van der Waals surface area contributed by atoms with Crippen LogP contribution in [0.25, 0.3) is 78.3 Å². The summed E-state index contributed by atoms with van der Waals surface area (Å²) in [5.74, 6) is 1.94. The van der Waals surface area contributed by atoms with Crippen LogP contribution in [-0.4, -0.2) is 15.0 Å². The Kier molecular flexibility index (Phi) is 7.54. The topological polar surface area (TPSA) is 62.5 Å². The van der Waals surface area contributed by atoms with E-state index in [2.05, 4.69) is 91.0 Å². The number of rotatable bonds is 6. The average Bonchev–Trinajstić information content (AvgIpc) is 3.18. The molecule has 0 bridgehead atoms. The second-order valence-corrected chi connectivity index (χ2v) is 11.6. The van der Waals surface area contributed by atoms with Crippen LogP contribution in [0.3, 0.4) is 0 Å². The molecule has 8 rings (SSSR count). The number of nitriles is 1. The summed E-state index contributed by atoms with van der Waals surface area (Å²) in [6, 6.07) is 60.1. The Morgan fingerprint density at radius 3 is 1.06 bits per heavy atom. The summed E-state index contributed by atoms with van der Waals surface area (Å²) in [6.07, 6.45) is 0. The average molecular weight is 613 g/mol. The maximum absolute atomic E-state index is 9.22. The van der Waals surface area contributed by atoms with Crippen molar-refractivity contribution < 1.29 is 0 Å². The number of benzene rings is 7.